The second kappa shape index (κ2) is 6.82. The number of quaternary nitrogens is 1. The number of carbonyl (C=O) groups excluding carboxylic acids is 2. The van der Waals surface area contributed by atoms with Crippen molar-refractivity contribution in [3.8, 4) is 0 Å². The molecular formula is C11H13NO6. The first kappa shape index (κ1) is 14.3. The van der Waals surface area contributed by atoms with Crippen LogP contribution >= 0.6 is 0 Å². The molecule has 1 unspecified atom stereocenters. The second-order valence-electron chi connectivity index (χ2n) is 3.28. The Morgan fingerprint density at radius 2 is 2.06 bits per heavy atom. The van der Waals surface area contributed by atoms with Crippen LogP contribution in [-0.4, -0.2) is 30.2 Å². The Kier molecular flexibility index (Phi) is 5.40. The summed E-state index contributed by atoms with van der Waals surface area (Å²) in [6, 6.07) is 5.83. The molecule has 1 aromatic carbocycles. The van der Waals surface area contributed by atoms with Crippen molar-refractivity contribution in [2.75, 3.05) is 13.2 Å². The maximum absolute atomic E-state index is 11.5. The van der Waals surface area contributed by atoms with E-state index in [4.69, 9.17) is 9.94 Å². The molecule has 7 nitrogen and oxygen atoms in total. The van der Waals surface area contributed by atoms with E-state index >= 15 is 0 Å². The summed E-state index contributed by atoms with van der Waals surface area (Å²) in [4.78, 5) is 27.1. The summed E-state index contributed by atoms with van der Waals surface area (Å²) in [5.74, 6) is -1.06. The van der Waals surface area contributed by atoms with E-state index in [2.05, 4.69) is 4.84 Å². The number of hydrogen-bond acceptors (Lipinski definition) is 6. The first-order valence-electron chi connectivity index (χ1n) is 5.20. The third kappa shape index (κ3) is 4.22. The molecule has 18 heavy (non-hydrogen) atoms. The average molecular weight is 255 g/mol. The van der Waals surface area contributed by atoms with E-state index in [-0.39, 0.29) is 17.7 Å². The van der Waals surface area contributed by atoms with Crippen LogP contribution in [0.5, 0.6) is 0 Å². The minimum Gasteiger partial charge on any atom is -0.566 e. The molecule has 0 saturated carbocycles. The van der Waals surface area contributed by atoms with E-state index in [1.807, 2.05) is 0 Å². The summed E-state index contributed by atoms with van der Waals surface area (Å²) in [5, 5.41) is 16.9. The van der Waals surface area contributed by atoms with Crippen LogP contribution < -0.4 is 5.39 Å². The van der Waals surface area contributed by atoms with E-state index in [0.717, 1.165) is 0 Å². The third-order valence-electron chi connectivity index (χ3n) is 2.02. The molecule has 0 fully saturated rings. The predicted octanol–water partition coefficient (Wildman–Crippen LogP) is -0.250. The molecule has 0 heterocycles. The van der Waals surface area contributed by atoms with E-state index in [1.165, 1.54) is 24.3 Å². The molecule has 0 aromatic heterocycles. The van der Waals surface area contributed by atoms with Crippen LogP contribution in [0.2, 0.25) is 0 Å². The lowest BCUT2D eigenvalue weighted by Crippen LogP contribution is -3.03. The van der Waals surface area contributed by atoms with Crippen molar-refractivity contribution < 1.29 is 29.8 Å². The SMILES string of the molecule is CCOC(=O)c1cccc(C(=O)CO[NH+]([O-])O)c1. The van der Waals surface area contributed by atoms with Crippen LogP contribution in [0, 0.1) is 5.21 Å². The molecule has 0 radical (unpaired) electrons. The van der Waals surface area contributed by atoms with E-state index in [0.29, 0.717) is 0 Å². The Labute approximate surface area is 103 Å². The molecule has 0 bridgehead atoms. The zero-order valence-corrected chi connectivity index (χ0v) is 9.71. The summed E-state index contributed by atoms with van der Waals surface area (Å²) in [6.45, 7) is 1.33. The molecule has 7 heteroatoms. The molecule has 1 rings (SSSR count). The number of esters is 1. The maximum atomic E-state index is 11.5. The highest BCUT2D eigenvalue weighted by Gasteiger charge is 2.12. The fraction of sp³-hybridized carbons (Fsp3) is 0.273. The number of hydrogen-bond donors (Lipinski definition) is 2. The van der Waals surface area contributed by atoms with Crippen molar-refractivity contribution >= 4 is 11.8 Å². The van der Waals surface area contributed by atoms with Gasteiger partial charge >= 0.3 is 5.97 Å². The zero-order valence-electron chi connectivity index (χ0n) is 9.71. The van der Waals surface area contributed by atoms with Gasteiger partial charge in [-0.2, -0.15) is 10.0 Å². The van der Waals surface area contributed by atoms with Crippen LogP contribution in [0.15, 0.2) is 24.3 Å². The van der Waals surface area contributed by atoms with Gasteiger partial charge < -0.3 is 9.94 Å². The number of carbonyl (C=O) groups is 2. The molecule has 0 spiro atoms. The zero-order chi connectivity index (χ0) is 13.5. The number of nitrogens with one attached hydrogen (secondary N) is 1. The Balaban J connectivity index is 2.75. The molecule has 1 aromatic rings. The standard InChI is InChI=1S/C11H13NO6/c1-2-17-11(14)9-5-3-4-8(6-9)10(13)7-18-12(15)16/h3-6,12,15H,2,7H2,1H3. The number of rotatable bonds is 6. The van der Waals surface area contributed by atoms with Crippen molar-refractivity contribution in [2.45, 2.75) is 6.92 Å². The van der Waals surface area contributed by atoms with Gasteiger partial charge in [-0.1, -0.05) is 17.5 Å². The summed E-state index contributed by atoms with van der Waals surface area (Å²) >= 11 is 0. The number of benzene rings is 1. The first-order valence-corrected chi connectivity index (χ1v) is 5.20. The molecular weight excluding hydrogens is 242 g/mol. The van der Waals surface area contributed by atoms with Crippen LogP contribution in [-0.2, 0) is 9.57 Å². The largest absolute Gasteiger partial charge is 0.566 e. The Morgan fingerprint density at radius 1 is 1.39 bits per heavy atom. The van der Waals surface area contributed by atoms with Gasteiger partial charge in [0.05, 0.1) is 12.2 Å². The summed E-state index contributed by atoms with van der Waals surface area (Å²) in [5.41, 5.74) is 0.430. The molecule has 2 N–H and O–H groups in total. The highest BCUT2D eigenvalue weighted by atomic mass is 17.1. The fourth-order valence-corrected chi connectivity index (χ4v) is 1.24. The van der Waals surface area contributed by atoms with Gasteiger partial charge in [-0.3, -0.25) is 4.79 Å². The molecule has 98 valence electrons. The lowest BCUT2D eigenvalue weighted by Gasteiger charge is -2.09. The molecule has 0 saturated heterocycles. The molecule has 0 aliphatic rings. The lowest BCUT2D eigenvalue weighted by atomic mass is 10.1. The fourth-order valence-electron chi connectivity index (χ4n) is 1.24. The number of ketones is 1. The van der Waals surface area contributed by atoms with Crippen molar-refractivity contribution in [3.63, 3.8) is 0 Å². The van der Waals surface area contributed by atoms with Gasteiger partial charge in [-0.05, 0) is 19.1 Å². The number of ether oxygens (including phenoxy) is 1. The molecule has 1 atom stereocenters. The number of Topliss-reactive ketones (excluding diaryl/α,β-unsaturated/α-hetero) is 1. The van der Waals surface area contributed by atoms with E-state index < -0.39 is 23.7 Å². The van der Waals surface area contributed by atoms with Gasteiger partial charge in [0.15, 0.2) is 12.4 Å². The van der Waals surface area contributed by atoms with E-state index in [9.17, 15) is 14.8 Å². The Hall–Kier alpha value is -1.80. The van der Waals surface area contributed by atoms with Crippen LogP contribution in [0.25, 0.3) is 0 Å². The predicted molar refractivity (Wildman–Crippen MR) is 58.8 cm³/mol. The van der Waals surface area contributed by atoms with Crippen molar-refractivity contribution in [1.82, 2.24) is 0 Å². The van der Waals surface area contributed by atoms with Gasteiger partial charge in [0.1, 0.15) is 0 Å². The van der Waals surface area contributed by atoms with Gasteiger partial charge in [-0.25, -0.2) is 4.79 Å². The van der Waals surface area contributed by atoms with Crippen LogP contribution in [0.3, 0.4) is 0 Å². The summed E-state index contributed by atoms with van der Waals surface area (Å²) < 4.78 is 4.79. The smallest absolute Gasteiger partial charge is 0.338 e. The van der Waals surface area contributed by atoms with Crippen molar-refractivity contribution in [2.24, 2.45) is 0 Å². The van der Waals surface area contributed by atoms with Gasteiger partial charge in [0.2, 0.25) is 0 Å². The highest BCUT2D eigenvalue weighted by molar-refractivity contribution is 5.99. The second-order valence-corrected chi connectivity index (χ2v) is 3.28. The Morgan fingerprint density at radius 3 is 2.67 bits per heavy atom. The van der Waals surface area contributed by atoms with Gasteiger partial charge in [0, 0.05) is 5.56 Å². The minimum absolute atomic E-state index is 0.196. The van der Waals surface area contributed by atoms with Gasteiger partial charge in [-0.15, -0.1) is 0 Å². The summed E-state index contributed by atoms with van der Waals surface area (Å²) in [6.07, 6.45) is 0. The minimum atomic E-state index is -1.52. The molecule has 0 aliphatic carbocycles. The highest BCUT2D eigenvalue weighted by Crippen LogP contribution is 2.07. The topological polar surface area (TPSA) is 100 Å². The van der Waals surface area contributed by atoms with E-state index in [1.54, 1.807) is 6.92 Å². The van der Waals surface area contributed by atoms with Crippen LogP contribution in [0.1, 0.15) is 27.6 Å². The van der Waals surface area contributed by atoms with Gasteiger partial charge in [0.25, 0.3) is 0 Å². The molecule has 0 amide bonds. The van der Waals surface area contributed by atoms with Crippen LogP contribution in [0.4, 0.5) is 0 Å². The monoisotopic (exact) mass is 255 g/mol. The quantitative estimate of drug-likeness (QED) is 0.413. The maximum Gasteiger partial charge on any atom is 0.338 e. The van der Waals surface area contributed by atoms with Crippen molar-refractivity contribution in [3.05, 3.63) is 40.6 Å². The lowest BCUT2D eigenvalue weighted by molar-refractivity contribution is -1.20. The first-order chi connectivity index (χ1) is 8.54. The molecule has 0 aliphatic heterocycles. The Bertz CT molecular complexity index is 431. The van der Waals surface area contributed by atoms with Crippen molar-refractivity contribution in [1.29, 1.82) is 0 Å². The third-order valence-corrected chi connectivity index (χ3v) is 2.02. The normalized spacial score (nSPS) is 11.9. The summed E-state index contributed by atoms with van der Waals surface area (Å²) in [7, 11) is 0. The average Bonchev–Trinajstić information content (AvgIpc) is 2.36.